The van der Waals surface area contributed by atoms with Crippen LogP contribution in [0.2, 0.25) is 0 Å². The van der Waals surface area contributed by atoms with Crippen molar-refractivity contribution in [1.82, 2.24) is 0 Å². The summed E-state index contributed by atoms with van der Waals surface area (Å²) in [7, 11) is 0. The SMILES string of the molecule is Cl.Cl.Cl.[PH2][Zr]([c]1ccccc1)([c]1ccccc1)[CH]1C=Cc2ccccc21. The number of allylic oxidation sites excluding steroid dienone is 1. The molecule has 5 heteroatoms. The van der Waals surface area contributed by atoms with Crippen molar-refractivity contribution >= 4 is 56.4 Å². The summed E-state index contributed by atoms with van der Waals surface area (Å²) in [5.41, 5.74) is 2.87. The average Bonchev–Trinajstić information content (AvgIpc) is 3.07. The first-order valence-electron chi connectivity index (χ1n) is 7.97. The summed E-state index contributed by atoms with van der Waals surface area (Å²) in [6.45, 7) is 3.37. The summed E-state index contributed by atoms with van der Waals surface area (Å²) in [5.74, 6) is 0. The van der Waals surface area contributed by atoms with Gasteiger partial charge in [-0.25, -0.2) is 0 Å². The van der Waals surface area contributed by atoms with Gasteiger partial charge in [0.25, 0.3) is 0 Å². The van der Waals surface area contributed by atoms with Crippen LogP contribution < -0.4 is 6.54 Å². The van der Waals surface area contributed by atoms with Crippen molar-refractivity contribution in [2.45, 2.75) is 3.63 Å². The minimum absolute atomic E-state index is 0. The molecule has 0 aliphatic heterocycles. The second-order valence-electron chi connectivity index (χ2n) is 6.07. The Hall–Kier alpha value is -0.417. The molecule has 0 N–H and O–H groups in total. The van der Waals surface area contributed by atoms with Crippen LogP contribution in [-0.2, 0) is 19.7 Å². The van der Waals surface area contributed by atoms with E-state index in [9.17, 15) is 0 Å². The molecule has 0 spiro atoms. The van der Waals surface area contributed by atoms with Gasteiger partial charge in [0.2, 0.25) is 0 Å². The monoisotopic (exact) mass is 500 g/mol. The number of hydrogen-bond donors (Lipinski definition) is 0. The zero-order valence-electron chi connectivity index (χ0n) is 14.1. The van der Waals surface area contributed by atoms with E-state index in [1.165, 1.54) is 17.7 Å². The summed E-state index contributed by atoms with van der Waals surface area (Å²) < 4.78 is 3.59. The Morgan fingerprint density at radius 1 is 0.615 bits per heavy atom. The summed E-state index contributed by atoms with van der Waals surface area (Å²) in [6, 6.07) is 31.1. The molecule has 3 aromatic rings. The van der Waals surface area contributed by atoms with Crippen molar-refractivity contribution in [3.05, 3.63) is 102 Å². The Labute approximate surface area is 180 Å². The second kappa shape index (κ2) is 10.2. The Morgan fingerprint density at radius 3 is 1.62 bits per heavy atom. The van der Waals surface area contributed by atoms with Crippen molar-refractivity contribution in [2.75, 3.05) is 0 Å². The Bertz CT molecular complexity index is 814. The van der Waals surface area contributed by atoms with Crippen molar-refractivity contribution in [3.63, 3.8) is 0 Å². The molecular formula is C21H22Cl3PZr. The topological polar surface area (TPSA) is 0 Å². The first-order chi connectivity index (χ1) is 11.3. The maximum absolute atomic E-state index is 3.37. The van der Waals surface area contributed by atoms with Crippen molar-refractivity contribution in [3.8, 4) is 0 Å². The third-order valence-electron chi connectivity index (χ3n) is 4.79. The summed E-state index contributed by atoms with van der Waals surface area (Å²) in [4.78, 5) is 0. The van der Waals surface area contributed by atoms with Gasteiger partial charge >= 0.3 is 145 Å². The number of halogens is 3. The average molecular weight is 503 g/mol. The van der Waals surface area contributed by atoms with Crippen molar-refractivity contribution < 1.29 is 19.7 Å². The molecule has 26 heavy (non-hydrogen) atoms. The van der Waals surface area contributed by atoms with E-state index in [1.54, 1.807) is 0 Å². The van der Waals surface area contributed by atoms with E-state index in [2.05, 4.69) is 104 Å². The van der Waals surface area contributed by atoms with E-state index in [4.69, 9.17) is 0 Å². The molecular weight excluding hydrogens is 481 g/mol. The van der Waals surface area contributed by atoms with E-state index in [1.807, 2.05) is 0 Å². The van der Waals surface area contributed by atoms with Crippen LogP contribution in [0.5, 0.6) is 0 Å². The van der Waals surface area contributed by atoms with Crippen LogP contribution >= 0.6 is 43.8 Å². The van der Waals surface area contributed by atoms with Crippen molar-refractivity contribution in [1.29, 1.82) is 0 Å². The zero-order valence-corrected chi connectivity index (χ0v) is 20.2. The van der Waals surface area contributed by atoms with Gasteiger partial charge < -0.3 is 0 Å². The molecule has 0 fully saturated rings. The molecule has 2 atom stereocenters. The molecule has 0 heterocycles. The van der Waals surface area contributed by atoms with Gasteiger partial charge in [-0.3, -0.25) is 0 Å². The number of hydrogen-bond acceptors (Lipinski definition) is 0. The molecule has 4 rings (SSSR count). The molecule has 0 saturated carbocycles. The van der Waals surface area contributed by atoms with Gasteiger partial charge in [-0.05, 0) is 0 Å². The molecule has 0 aromatic heterocycles. The molecule has 0 saturated heterocycles. The van der Waals surface area contributed by atoms with Gasteiger partial charge in [-0.15, -0.1) is 37.2 Å². The van der Waals surface area contributed by atoms with Crippen LogP contribution in [0, 0.1) is 0 Å². The minimum atomic E-state index is -2.93. The predicted molar refractivity (Wildman–Crippen MR) is 122 cm³/mol. The van der Waals surface area contributed by atoms with Crippen LogP contribution in [0.15, 0.2) is 91.0 Å². The molecule has 3 aromatic carbocycles. The van der Waals surface area contributed by atoms with Crippen LogP contribution in [0.1, 0.15) is 14.8 Å². The van der Waals surface area contributed by atoms with E-state index in [-0.39, 0.29) is 37.2 Å². The van der Waals surface area contributed by atoms with Gasteiger partial charge in [0, 0.05) is 0 Å². The van der Waals surface area contributed by atoms with Gasteiger partial charge in [-0.1, -0.05) is 0 Å². The van der Waals surface area contributed by atoms with Crippen LogP contribution in [0.3, 0.4) is 0 Å². The molecule has 2 unspecified atom stereocenters. The van der Waals surface area contributed by atoms with E-state index in [0.29, 0.717) is 3.63 Å². The zero-order chi connectivity index (χ0) is 15.7. The molecule has 0 amide bonds. The third kappa shape index (κ3) is 4.19. The molecule has 1 aliphatic carbocycles. The Kier molecular flexibility index (Phi) is 9.28. The Morgan fingerprint density at radius 2 is 1.08 bits per heavy atom. The first kappa shape index (κ1) is 23.6. The van der Waals surface area contributed by atoms with E-state index in [0.717, 1.165) is 0 Å². The normalized spacial score (nSPS) is 14.4. The molecule has 0 nitrogen and oxygen atoms in total. The number of benzene rings is 3. The van der Waals surface area contributed by atoms with Gasteiger partial charge in [0.15, 0.2) is 0 Å². The fourth-order valence-electron chi connectivity index (χ4n) is 3.60. The van der Waals surface area contributed by atoms with Crippen LogP contribution in [0.4, 0.5) is 0 Å². The number of fused-ring (bicyclic) bond motifs is 1. The Balaban J connectivity index is 0.00000113. The van der Waals surface area contributed by atoms with Gasteiger partial charge in [0.1, 0.15) is 0 Å². The third-order valence-corrected chi connectivity index (χ3v) is 20.8. The predicted octanol–water partition coefficient (Wildman–Crippen LogP) is 5.61. The second-order valence-corrected chi connectivity index (χ2v) is 20.1. The van der Waals surface area contributed by atoms with Crippen LogP contribution in [0.25, 0.3) is 6.08 Å². The van der Waals surface area contributed by atoms with Crippen molar-refractivity contribution in [2.24, 2.45) is 0 Å². The summed E-state index contributed by atoms with van der Waals surface area (Å²) in [6.07, 6.45) is 4.75. The standard InChI is InChI=1S/C9H7.2C6H5.3ClH.H2P.Zr/c1-2-5-9-7-3-6-8(9)4-1;2*1-2-4-6-5-3-1;;;;;/h1-7H;2*1-5H;3*1H;1H2;/q;;;;;;-1;+1. The van der Waals surface area contributed by atoms with Gasteiger partial charge in [-0.2, -0.15) is 0 Å². The molecule has 0 radical (unpaired) electrons. The number of rotatable bonds is 3. The molecule has 1 aliphatic rings. The maximum atomic E-state index is 3.37. The van der Waals surface area contributed by atoms with E-state index >= 15 is 0 Å². The summed E-state index contributed by atoms with van der Waals surface area (Å²) in [5, 5.41) is 0. The summed E-state index contributed by atoms with van der Waals surface area (Å²) >= 11 is -2.93. The fourth-order valence-corrected chi connectivity index (χ4v) is 16.7. The first-order valence-corrected chi connectivity index (χ1v) is 16.7. The molecule has 136 valence electrons. The van der Waals surface area contributed by atoms with Crippen LogP contribution in [-0.4, -0.2) is 0 Å². The quantitative estimate of drug-likeness (QED) is 0.408. The fraction of sp³-hybridized carbons (Fsp3) is 0.0476. The van der Waals surface area contributed by atoms with E-state index < -0.39 is 19.7 Å². The van der Waals surface area contributed by atoms with Gasteiger partial charge in [0.05, 0.1) is 0 Å². The molecule has 0 bridgehead atoms.